The highest BCUT2D eigenvalue weighted by Crippen LogP contribution is 2.26. The number of carbonyl (C=O) groups excluding carboxylic acids is 2. The molecule has 7 heteroatoms. The molecule has 96 valence electrons. The Hall–Kier alpha value is -1.69. The summed E-state index contributed by atoms with van der Waals surface area (Å²) in [7, 11) is 0. The van der Waals surface area contributed by atoms with Gasteiger partial charge in [-0.2, -0.15) is 0 Å². The highest BCUT2D eigenvalue weighted by molar-refractivity contribution is 6.30. The second-order valence-corrected chi connectivity index (χ2v) is 4.39. The summed E-state index contributed by atoms with van der Waals surface area (Å²) in [5.74, 6) is -0.119. The monoisotopic (exact) mass is 268 g/mol. The molecule has 1 aliphatic rings. The van der Waals surface area contributed by atoms with Gasteiger partial charge in [0.15, 0.2) is 0 Å². The molecule has 1 saturated heterocycles. The molecule has 1 aromatic heterocycles. The largest absolute Gasteiger partial charge is 0.335 e. The van der Waals surface area contributed by atoms with Gasteiger partial charge >= 0.3 is 0 Å². The molecule has 18 heavy (non-hydrogen) atoms. The van der Waals surface area contributed by atoms with Crippen LogP contribution in [0.3, 0.4) is 0 Å². The lowest BCUT2D eigenvalue weighted by molar-refractivity contribution is -0.132. The van der Waals surface area contributed by atoms with Gasteiger partial charge in [0.25, 0.3) is 0 Å². The number of amides is 2. The Kier molecular flexibility index (Phi) is 3.47. The van der Waals surface area contributed by atoms with Crippen molar-refractivity contribution in [3.05, 3.63) is 17.0 Å². The zero-order chi connectivity index (χ0) is 13.3. The molecule has 1 atom stereocenters. The fourth-order valence-electron chi connectivity index (χ4n) is 1.91. The van der Waals surface area contributed by atoms with Crippen molar-refractivity contribution in [2.75, 3.05) is 11.4 Å². The van der Waals surface area contributed by atoms with Crippen LogP contribution in [0, 0.1) is 0 Å². The normalized spacial score (nSPS) is 19.9. The Bertz CT molecular complexity index is 506. The predicted molar refractivity (Wildman–Crippen MR) is 66.4 cm³/mol. The maximum Gasteiger partial charge on any atom is 0.249 e. The van der Waals surface area contributed by atoms with Crippen LogP contribution in [0.15, 0.2) is 6.33 Å². The number of hydrogen-bond acceptors (Lipinski definition) is 5. The molecule has 1 fully saturated rings. The molecule has 0 saturated carbocycles. The Balaban J connectivity index is 2.44. The first kappa shape index (κ1) is 12.8. The summed E-state index contributed by atoms with van der Waals surface area (Å²) >= 11 is 6.01. The maximum atomic E-state index is 11.6. The summed E-state index contributed by atoms with van der Waals surface area (Å²) in [5.41, 5.74) is 0.744. The van der Waals surface area contributed by atoms with Crippen molar-refractivity contribution in [2.45, 2.75) is 26.3 Å². The summed E-state index contributed by atoms with van der Waals surface area (Å²) < 4.78 is 0. The van der Waals surface area contributed by atoms with Gasteiger partial charge in [0, 0.05) is 5.56 Å². The Morgan fingerprint density at radius 3 is 2.89 bits per heavy atom. The third kappa shape index (κ3) is 2.15. The molecule has 0 bridgehead atoms. The number of rotatable bonds is 2. The summed E-state index contributed by atoms with van der Waals surface area (Å²) in [5, 5.41) is 2.64. The minimum absolute atomic E-state index is 0.0905. The number of imide groups is 1. The molecule has 1 N–H and O–H groups in total. The summed E-state index contributed by atoms with van der Waals surface area (Å²) in [6, 6.07) is -0.459. The molecule has 2 amide bonds. The second-order valence-electron chi connectivity index (χ2n) is 4.04. The summed E-state index contributed by atoms with van der Waals surface area (Å²) in [4.78, 5) is 32.8. The predicted octanol–water partition coefficient (Wildman–Crippen LogP) is 0.544. The molecule has 1 aromatic rings. The van der Waals surface area contributed by atoms with Crippen LogP contribution >= 0.6 is 11.6 Å². The van der Waals surface area contributed by atoms with Crippen molar-refractivity contribution in [1.29, 1.82) is 0 Å². The maximum absolute atomic E-state index is 11.6. The van der Waals surface area contributed by atoms with E-state index in [-0.39, 0.29) is 18.4 Å². The van der Waals surface area contributed by atoms with Crippen molar-refractivity contribution in [3.63, 3.8) is 0 Å². The Morgan fingerprint density at radius 2 is 2.22 bits per heavy atom. The van der Waals surface area contributed by atoms with E-state index in [0.29, 0.717) is 17.4 Å². The average Bonchev–Trinajstić information content (AvgIpc) is 2.33. The van der Waals surface area contributed by atoms with E-state index < -0.39 is 6.04 Å². The van der Waals surface area contributed by atoms with Crippen LogP contribution in [-0.2, 0) is 16.0 Å². The van der Waals surface area contributed by atoms with Crippen molar-refractivity contribution in [3.8, 4) is 0 Å². The van der Waals surface area contributed by atoms with E-state index in [1.54, 1.807) is 11.8 Å². The van der Waals surface area contributed by atoms with E-state index >= 15 is 0 Å². The number of nitrogens with one attached hydrogen (secondary N) is 1. The van der Waals surface area contributed by atoms with E-state index in [2.05, 4.69) is 15.3 Å². The van der Waals surface area contributed by atoms with E-state index in [1.807, 2.05) is 6.92 Å². The molecular weight excluding hydrogens is 256 g/mol. The zero-order valence-corrected chi connectivity index (χ0v) is 10.9. The molecule has 2 rings (SSSR count). The first-order chi connectivity index (χ1) is 8.54. The fraction of sp³-hybridized carbons (Fsp3) is 0.455. The van der Waals surface area contributed by atoms with Crippen LogP contribution in [0.1, 0.15) is 19.4 Å². The smallest absolute Gasteiger partial charge is 0.249 e. The van der Waals surface area contributed by atoms with Crippen LogP contribution in [0.25, 0.3) is 0 Å². The molecule has 6 nitrogen and oxygen atoms in total. The van der Waals surface area contributed by atoms with Crippen molar-refractivity contribution in [2.24, 2.45) is 0 Å². The lowest BCUT2D eigenvalue weighted by Crippen LogP contribution is -2.57. The number of carbonyl (C=O) groups is 2. The van der Waals surface area contributed by atoms with Gasteiger partial charge in [0.05, 0.1) is 6.54 Å². The van der Waals surface area contributed by atoms with Gasteiger partial charge in [0.1, 0.15) is 23.3 Å². The number of hydrogen-bond donors (Lipinski definition) is 1. The van der Waals surface area contributed by atoms with Crippen LogP contribution in [0.4, 0.5) is 5.82 Å². The molecule has 0 radical (unpaired) electrons. The number of aromatic nitrogens is 2. The standard InChI is InChI=1S/C11H13ClN4O2/c1-3-7-9(12)13-5-14-10(7)16-4-8(17)15-11(18)6(16)2/h5-6H,3-4H2,1-2H3,(H,15,17,18). The molecular formula is C11H13ClN4O2. The number of halogens is 1. The minimum Gasteiger partial charge on any atom is -0.335 e. The highest BCUT2D eigenvalue weighted by atomic mass is 35.5. The van der Waals surface area contributed by atoms with E-state index in [9.17, 15) is 9.59 Å². The average molecular weight is 269 g/mol. The van der Waals surface area contributed by atoms with Gasteiger partial charge in [-0.3, -0.25) is 14.9 Å². The van der Waals surface area contributed by atoms with Gasteiger partial charge in [-0.05, 0) is 13.3 Å². The van der Waals surface area contributed by atoms with Crippen LogP contribution in [0.5, 0.6) is 0 Å². The van der Waals surface area contributed by atoms with Gasteiger partial charge < -0.3 is 4.90 Å². The fourth-order valence-corrected chi connectivity index (χ4v) is 2.17. The minimum atomic E-state index is -0.459. The first-order valence-corrected chi connectivity index (χ1v) is 6.02. The zero-order valence-electron chi connectivity index (χ0n) is 10.1. The highest BCUT2D eigenvalue weighted by Gasteiger charge is 2.32. The quantitative estimate of drug-likeness (QED) is 0.626. The second kappa shape index (κ2) is 4.89. The molecule has 1 aliphatic heterocycles. The SMILES string of the molecule is CCc1c(Cl)ncnc1N1CC(=O)NC(=O)C1C. The number of piperazine rings is 1. The molecule has 0 spiro atoms. The lowest BCUT2D eigenvalue weighted by atomic mass is 10.1. The van der Waals surface area contributed by atoms with Crippen LogP contribution in [0.2, 0.25) is 5.15 Å². The van der Waals surface area contributed by atoms with Crippen molar-refractivity contribution in [1.82, 2.24) is 15.3 Å². The molecule has 0 aliphatic carbocycles. The van der Waals surface area contributed by atoms with Crippen molar-refractivity contribution >= 4 is 29.2 Å². The topological polar surface area (TPSA) is 75.2 Å². The van der Waals surface area contributed by atoms with E-state index in [1.165, 1.54) is 6.33 Å². The number of nitrogens with zero attached hydrogens (tertiary/aromatic N) is 3. The van der Waals surface area contributed by atoms with Gasteiger partial charge in [-0.25, -0.2) is 9.97 Å². The van der Waals surface area contributed by atoms with E-state index in [4.69, 9.17) is 11.6 Å². The van der Waals surface area contributed by atoms with Crippen molar-refractivity contribution < 1.29 is 9.59 Å². The van der Waals surface area contributed by atoms with Crippen LogP contribution < -0.4 is 10.2 Å². The lowest BCUT2D eigenvalue weighted by Gasteiger charge is -2.33. The van der Waals surface area contributed by atoms with Gasteiger partial charge in [-0.1, -0.05) is 18.5 Å². The first-order valence-electron chi connectivity index (χ1n) is 5.64. The Morgan fingerprint density at radius 1 is 1.50 bits per heavy atom. The Labute approximate surface area is 109 Å². The number of anilines is 1. The third-order valence-electron chi connectivity index (χ3n) is 2.92. The molecule has 2 heterocycles. The summed E-state index contributed by atoms with van der Waals surface area (Å²) in [6.45, 7) is 3.73. The third-order valence-corrected chi connectivity index (χ3v) is 3.24. The van der Waals surface area contributed by atoms with Crippen LogP contribution in [-0.4, -0.2) is 34.4 Å². The van der Waals surface area contributed by atoms with Gasteiger partial charge in [0.2, 0.25) is 11.8 Å². The van der Waals surface area contributed by atoms with E-state index in [0.717, 1.165) is 5.56 Å². The molecule has 1 unspecified atom stereocenters. The van der Waals surface area contributed by atoms with Gasteiger partial charge in [-0.15, -0.1) is 0 Å². The molecule has 0 aromatic carbocycles. The summed E-state index contributed by atoms with van der Waals surface area (Å²) in [6.07, 6.45) is 1.97.